The van der Waals surface area contributed by atoms with Crippen molar-refractivity contribution in [3.63, 3.8) is 0 Å². The van der Waals surface area contributed by atoms with Crippen LogP contribution in [0.15, 0.2) is 54.6 Å². The van der Waals surface area contributed by atoms with Crippen LogP contribution in [0.3, 0.4) is 0 Å². The molecule has 5 nitrogen and oxygen atoms in total. The predicted molar refractivity (Wildman–Crippen MR) is 97.3 cm³/mol. The molecule has 0 bridgehead atoms. The minimum absolute atomic E-state index is 0.202. The van der Waals surface area contributed by atoms with Gasteiger partial charge in [0.15, 0.2) is 0 Å². The summed E-state index contributed by atoms with van der Waals surface area (Å²) in [5.41, 5.74) is 9.55. The Kier molecular flexibility index (Phi) is 4.53. The quantitative estimate of drug-likeness (QED) is 0.784. The van der Waals surface area contributed by atoms with Crippen molar-refractivity contribution in [2.45, 2.75) is 0 Å². The molecule has 0 radical (unpaired) electrons. The third kappa shape index (κ3) is 3.24. The molecule has 0 unspecified atom stereocenters. The number of nitrogens with zero attached hydrogens (tertiary/aromatic N) is 2. The summed E-state index contributed by atoms with van der Waals surface area (Å²) in [6.45, 7) is 0. The van der Waals surface area contributed by atoms with Crippen molar-refractivity contribution < 1.29 is 9.47 Å². The van der Waals surface area contributed by atoms with Gasteiger partial charge in [-0.25, -0.2) is 4.98 Å². The molecule has 5 heteroatoms. The second-order valence-electron chi connectivity index (χ2n) is 5.39. The van der Waals surface area contributed by atoms with E-state index in [-0.39, 0.29) is 5.82 Å². The number of aromatic nitrogens is 1. The zero-order valence-electron chi connectivity index (χ0n) is 14.0. The second kappa shape index (κ2) is 6.93. The Balaban J connectivity index is 2.16. The molecule has 0 saturated carbocycles. The lowest BCUT2D eigenvalue weighted by atomic mass is 9.98. The maximum atomic E-state index is 9.50. The summed E-state index contributed by atoms with van der Waals surface area (Å²) in [7, 11) is 3.22. The molecule has 0 aliphatic rings. The third-order valence-electron chi connectivity index (χ3n) is 3.93. The molecule has 124 valence electrons. The minimum Gasteiger partial charge on any atom is -0.497 e. The molecular weight excluding hydrogens is 314 g/mol. The van der Waals surface area contributed by atoms with Crippen molar-refractivity contribution in [1.82, 2.24) is 4.98 Å². The zero-order valence-corrected chi connectivity index (χ0v) is 14.0. The topological polar surface area (TPSA) is 81.2 Å². The van der Waals surface area contributed by atoms with E-state index in [1.807, 2.05) is 54.6 Å². The van der Waals surface area contributed by atoms with Gasteiger partial charge < -0.3 is 15.2 Å². The lowest BCUT2D eigenvalue weighted by molar-refractivity contribution is 0.415. The molecule has 25 heavy (non-hydrogen) atoms. The number of methoxy groups -OCH3 is 2. The van der Waals surface area contributed by atoms with E-state index in [0.29, 0.717) is 17.0 Å². The Bertz CT molecular complexity index is 944. The predicted octanol–water partition coefficient (Wildman–Crippen LogP) is 3.89. The van der Waals surface area contributed by atoms with E-state index in [2.05, 4.69) is 11.1 Å². The first-order valence-corrected chi connectivity index (χ1v) is 7.65. The number of nitriles is 1. The average Bonchev–Trinajstić information content (AvgIpc) is 2.67. The molecule has 2 aromatic carbocycles. The maximum Gasteiger partial charge on any atom is 0.142 e. The smallest absolute Gasteiger partial charge is 0.142 e. The van der Waals surface area contributed by atoms with Crippen LogP contribution in [-0.4, -0.2) is 19.2 Å². The number of nitrogens with two attached hydrogens (primary N) is 1. The molecule has 0 fully saturated rings. The lowest BCUT2D eigenvalue weighted by Crippen LogP contribution is -2.00. The molecule has 2 N–H and O–H groups in total. The Morgan fingerprint density at radius 2 is 1.64 bits per heavy atom. The van der Waals surface area contributed by atoms with E-state index in [0.717, 1.165) is 22.4 Å². The van der Waals surface area contributed by atoms with E-state index >= 15 is 0 Å². The van der Waals surface area contributed by atoms with Crippen LogP contribution in [0, 0.1) is 11.3 Å². The van der Waals surface area contributed by atoms with Crippen molar-refractivity contribution in [1.29, 1.82) is 5.26 Å². The Hall–Kier alpha value is -3.52. The highest BCUT2D eigenvalue weighted by atomic mass is 16.5. The number of anilines is 1. The van der Waals surface area contributed by atoms with Gasteiger partial charge in [-0.15, -0.1) is 0 Å². The van der Waals surface area contributed by atoms with Crippen LogP contribution >= 0.6 is 0 Å². The fourth-order valence-corrected chi connectivity index (χ4v) is 2.61. The fourth-order valence-electron chi connectivity index (χ4n) is 2.61. The van der Waals surface area contributed by atoms with E-state index in [4.69, 9.17) is 15.2 Å². The molecule has 1 heterocycles. The Morgan fingerprint density at radius 1 is 0.920 bits per heavy atom. The Labute approximate surface area is 146 Å². The van der Waals surface area contributed by atoms with Crippen LogP contribution in [0.2, 0.25) is 0 Å². The van der Waals surface area contributed by atoms with Crippen molar-refractivity contribution in [3.05, 3.63) is 60.2 Å². The second-order valence-corrected chi connectivity index (χ2v) is 5.39. The van der Waals surface area contributed by atoms with Gasteiger partial charge in [-0.05, 0) is 48.0 Å². The van der Waals surface area contributed by atoms with Gasteiger partial charge in [-0.2, -0.15) is 5.26 Å². The van der Waals surface area contributed by atoms with Crippen LogP contribution in [0.5, 0.6) is 11.5 Å². The zero-order chi connectivity index (χ0) is 17.8. The van der Waals surface area contributed by atoms with Gasteiger partial charge in [0.2, 0.25) is 0 Å². The number of hydrogen-bond acceptors (Lipinski definition) is 5. The molecule has 0 saturated heterocycles. The first-order chi connectivity index (χ1) is 12.2. The van der Waals surface area contributed by atoms with Crippen LogP contribution < -0.4 is 15.2 Å². The standard InChI is InChI=1S/C20H17N3O2/c1-24-15-8-6-13(7-9-15)19-11-17(18(12-21)20(22)23-19)14-4-3-5-16(10-14)25-2/h3-11H,1-2H3,(H2,22,23). The van der Waals surface area contributed by atoms with Crippen molar-refractivity contribution >= 4 is 5.82 Å². The highest BCUT2D eigenvalue weighted by Crippen LogP contribution is 2.33. The summed E-state index contributed by atoms with van der Waals surface area (Å²) in [5, 5.41) is 9.50. The summed E-state index contributed by atoms with van der Waals surface area (Å²) in [6.07, 6.45) is 0. The van der Waals surface area contributed by atoms with E-state index in [9.17, 15) is 5.26 Å². The summed E-state index contributed by atoms with van der Waals surface area (Å²) in [5.74, 6) is 1.68. The van der Waals surface area contributed by atoms with Crippen molar-refractivity contribution in [2.75, 3.05) is 20.0 Å². The van der Waals surface area contributed by atoms with Gasteiger partial charge >= 0.3 is 0 Å². The molecule has 0 amide bonds. The van der Waals surface area contributed by atoms with Crippen LogP contribution in [-0.2, 0) is 0 Å². The number of pyridine rings is 1. The first kappa shape index (κ1) is 16.3. The van der Waals surface area contributed by atoms with Gasteiger partial charge in [0, 0.05) is 11.1 Å². The van der Waals surface area contributed by atoms with E-state index in [1.54, 1.807) is 14.2 Å². The summed E-state index contributed by atoms with van der Waals surface area (Å²) in [6, 6.07) is 19.0. The number of nitrogen functional groups attached to an aromatic ring is 1. The molecule has 1 aromatic heterocycles. The molecular formula is C20H17N3O2. The summed E-state index contributed by atoms with van der Waals surface area (Å²) in [4.78, 5) is 4.38. The van der Waals surface area contributed by atoms with Gasteiger partial charge in [-0.1, -0.05) is 12.1 Å². The normalized spacial score (nSPS) is 10.1. The molecule has 0 atom stereocenters. The highest BCUT2D eigenvalue weighted by molar-refractivity contribution is 5.80. The maximum absolute atomic E-state index is 9.50. The van der Waals surface area contributed by atoms with Crippen LogP contribution in [0.1, 0.15) is 5.56 Å². The average molecular weight is 331 g/mol. The SMILES string of the molecule is COc1ccc(-c2cc(-c3cccc(OC)c3)c(C#N)c(N)n2)cc1. The van der Waals surface area contributed by atoms with Gasteiger partial charge in [0.1, 0.15) is 28.9 Å². The summed E-state index contributed by atoms with van der Waals surface area (Å²) >= 11 is 0. The van der Waals surface area contributed by atoms with E-state index in [1.165, 1.54) is 0 Å². The third-order valence-corrected chi connectivity index (χ3v) is 3.93. The highest BCUT2D eigenvalue weighted by Gasteiger charge is 2.14. The van der Waals surface area contributed by atoms with Crippen molar-refractivity contribution in [2.24, 2.45) is 0 Å². The van der Waals surface area contributed by atoms with Crippen molar-refractivity contribution in [3.8, 4) is 40.0 Å². The number of rotatable bonds is 4. The number of benzene rings is 2. The molecule has 0 spiro atoms. The van der Waals surface area contributed by atoms with Crippen LogP contribution in [0.4, 0.5) is 5.82 Å². The molecule has 0 aliphatic heterocycles. The van der Waals surface area contributed by atoms with Crippen LogP contribution in [0.25, 0.3) is 22.4 Å². The molecule has 3 rings (SSSR count). The van der Waals surface area contributed by atoms with Gasteiger partial charge in [-0.3, -0.25) is 0 Å². The Morgan fingerprint density at radius 3 is 2.28 bits per heavy atom. The lowest BCUT2D eigenvalue weighted by Gasteiger charge is -2.11. The monoisotopic (exact) mass is 331 g/mol. The number of hydrogen-bond donors (Lipinski definition) is 1. The molecule has 3 aromatic rings. The molecule has 0 aliphatic carbocycles. The fraction of sp³-hybridized carbons (Fsp3) is 0.100. The summed E-state index contributed by atoms with van der Waals surface area (Å²) < 4.78 is 10.5. The largest absolute Gasteiger partial charge is 0.497 e. The first-order valence-electron chi connectivity index (χ1n) is 7.65. The van der Waals surface area contributed by atoms with E-state index < -0.39 is 0 Å². The number of ether oxygens (including phenoxy) is 2. The van der Waals surface area contributed by atoms with Gasteiger partial charge in [0.25, 0.3) is 0 Å². The van der Waals surface area contributed by atoms with Gasteiger partial charge in [0.05, 0.1) is 19.9 Å². The minimum atomic E-state index is 0.202.